The van der Waals surface area contributed by atoms with Crippen molar-refractivity contribution in [2.75, 3.05) is 7.11 Å². The van der Waals surface area contributed by atoms with Gasteiger partial charge in [0.1, 0.15) is 0 Å². The van der Waals surface area contributed by atoms with Gasteiger partial charge < -0.3 is 10.1 Å². The molecule has 110 valence electrons. The van der Waals surface area contributed by atoms with Gasteiger partial charge in [-0.05, 0) is 42.1 Å². The number of hydrogen-bond donors (Lipinski definition) is 1. The summed E-state index contributed by atoms with van der Waals surface area (Å²) in [6.07, 6.45) is 4.15. The Labute approximate surface area is 122 Å². The van der Waals surface area contributed by atoms with Gasteiger partial charge in [0.2, 0.25) is 5.88 Å². The number of nitrogens with zero attached hydrogens (tertiary/aromatic N) is 1. The molecule has 2 aliphatic carbocycles. The highest BCUT2D eigenvalue weighted by molar-refractivity contribution is 5.17. The highest BCUT2D eigenvalue weighted by Gasteiger charge is 2.58. The number of nitrogens with one attached hydrogen (secondary N) is 1. The molecule has 0 spiro atoms. The van der Waals surface area contributed by atoms with Crippen LogP contribution in [0.1, 0.15) is 45.7 Å². The Hall–Kier alpha value is -1.09. The molecule has 2 saturated carbocycles. The third-order valence-corrected chi connectivity index (χ3v) is 5.75. The fourth-order valence-corrected chi connectivity index (χ4v) is 4.69. The molecule has 3 unspecified atom stereocenters. The number of hydrogen-bond acceptors (Lipinski definition) is 3. The van der Waals surface area contributed by atoms with Crippen molar-refractivity contribution in [3.8, 4) is 5.88 Å². The fraction of sp³-hybridized carbons (Fsp3) is 0.706. The topological polar surface area (TPSA) is 34.1 Å². The molecule has 0 saturated heterocycles. The molecule has 1 aromatic heterocycles. The van der Waals surface area contributed by atoms with E-state index in [0.717, 1.165) is 18.2 Å². The summed E-state index contributed by atoms with van der Waals surface area (Å²) in [6, 6.07) is 6.56. The number of pyridine rings is 1. The molecule has 1 aromatic rings. The lowest BCUT2D eigenvalue weighted by molar-refractivity contribution is 0.107. The van der Waals surface area contributed by atoms with Crippen molar-refractivity contribution in [3.05, 3.63) is 23.9 Å². The second-order valence-electron chi connectivity index (χ2n) is 7.40. The molecule has 0 amide bonds. The molecule has 0 aromatic carbocycles. The van der Waals surface area contributed by atoms with Crippen molar-refractivity contribution in [1.82, 2.24) is 10.3 Å². The predicted molar refractivity (Wildman–Crippen MR) is 80.6 cm³/mol. The Morgan fingerprint density at radius 1 is 1.35 bits per heavy atom. The first-order valence-corrected chi connectivity index (χ1v) is 7.69. The van der Waals surface area contributed by atoms with E-state index in [9.17, 15) is 0 Å². The van der Waals surface area contributed by atoms with Gasteiger partial charge in [-0.3, -0.25) is 0 Å². The van der Waals surface area contributed by atoms with Gasteiger partial charge >= 0.3 is 0 Å². The minimum absolute atomic E-state index is 0.395. The van der Waals surface area contributed by atoms with E-state index >= 15 is 0 Å². The van der Waals surface area contributed by atoms with Gasteiger partial charge in [-0.2, -0.15) is 0 Å². The maximum absolute atomic E-state index is 5.20. The molecule has 1 N–H and O–H groups in total. The van der Waals surface area contributed by atoms with Gasteiger partial charge in [0, 0.05) is 18.7 Å². The lowest BCUT2D eigenvalue weighted by Crippen LogP contribution is -2.50. The van der Waals surface area contributed by atoms with Crippen LogP contribution < -0.4 is 10.1 Å². The van der Waals surface area contributed by atoms with Crippen LogP contribution in [0.4, 0.5) is 0 Å². The molecule has 3 atom stereocenters. The lowest BCUT2D eigenvalue weighted by Gasteiger charge is -2.43. The molecule has 2 aliphatic rings. The molecule has 0 radical (unpaired) electrons. The summed E-state index contributed by atoms with van der Waals surface area (Å²) < 4.78 is 5.20. The second kappa shape index (κ2) is 4.73. The molecule has 2 bridgehead atoms. The van der Waals surface area contributed by atoms with E-state index in [0.29, 0.717) is 22.8 Å². The van der Waals surface area contributed by atoms with Gasteiger partial charge in [-0.1, -0.05) is 26.8 Å². The number of ether oxygens (including phenoxy) is 1. The Kier molecular flexibility index (Phi) is 3.28. The predicted octanol–water partition coefficient (Wildman–Crippen LogP) is 3.39. The highest BCUT2D eigenvalue weighted by atomic mass is 16.5. The van der Waals surface area contributed by atoms with E-state index < -0.39 is 0 Å². The van der Waals surface area contributed by atoms with E-state index in [2.05, 4.69) is 37.1 Å². The van der Waals surface area contributed by atoms with Crippen LogP contribution in [0.5, 0.6) is 5.88 Å². The number of rotatable bonds is 4. The third-order valence-electron chi connectivity index (χ3n) is 5.75. The SMILES string of the molecule is COc1cccc(CNC2C3(C)CCC(C3)C2(C)C)n1. The molecule has 3 heteroatoms. The van der Waals surface area contributed by atoms with Gasteiger partial charge in [-0.15, -0.1) is 0 Å². The average molecular weight is 274 g/mol. The Bertz CT molecular complexity index is 495. The lowest BCUT2D eigenvalue weighted by atomic mass is 9.68. The van der Waals surface area contributed by atoms with Crippen molar-refractivity contribution >= 4 is 0 Å². The highest BCUT2D eigenvalue weighted by Crippen LogP contribution is 2.62. The van der Waals surface area contributed by atoms with Gasteiger partial charge in [0.15, 0.2) is 0 Å². The molecular formula is C17H26N2O. The fourth-order valence-electron chi connectivity index (χ4n) is 4.69. The van der Waals surface area contributed by atoms with E-state index in [4.69, 9.17) is 4.74 Å². The minimum atomic E-state index is 0.395. The van der Waals surface area contributed by atoms with Crippen LogP contribution in [0, 0.1) is 16.7 Å². The van der Waals surface area contributed by atoms with Crippen molar-refractivity contribution < 1.29 is 4.74 Å². The number of aromatic nitrogens is 1. The largest absolute Gasteiger partial charge is 0.481 e. The van der Waals surface area contributed by atoms with Crippen molar-refractivity contribution in [2.24, 2.45) is 16.7 Å². The first-order chi connectivity index (χ1) is 9.45. The maximum Gasteiger partial charge on any atom is 0.213 e. The Balaban J connectivity index is 1.71. The molecule has 3 rings (SSSR count). The first kappa shape index (κ1) is 13.9. The standard InChI is InChI=1S/C17H26N2O/c1-16(2)12-8-9-17(3,10-12)15(16)18-11-13-6-5-7-14(19-13)20-4/h5-7,12,15,18H,8-11H2,1-4H3. The van der Waals surface area contributed by atoms with Gasteiger partial charge in [-0.25, -0.2) is 4.98 Å². The Morgan fingerprint density at radius 2 is 2.15 bits per heavy atom. The van der Waals surface area contributed by atoms with Gasteiger partial charge in [0.25, 0.3) is 0 Å². The van der Waals surface area contributed by atoms with E-state index in [1.807, 2.05) is 12.1 Å². The van der Waals surface area contributed by atoms with Crippen LogP contribution >= 0.6 is 0 Å². The maximum atomic E-state index is 5.20. The molecule has 3 nitrogen and oxygen atoms in total. The van der Waals surface area contributed by atoms with Crippen molar-refractivity contribution in [1.29, 1.82) is 0 Å². The van der Waals surface area contributed by atoms with Crippen molar-refractivity contribution in [3.63, 3.8) is 0 Å². The van der Waals surface area contributed by atoms with Crippen LogP contribution in [-0.2, 0) is 6.54 Å². The minimum Gasteiger partial charge on any atom is -0.481 e. The van der Waals surface area contributed by atoms with E-state index in [1.54, 1.807) is 7.11 Å². The summed E-state index contributed by atoms with van der Waals surface area (Å²) in [5.41, 5.74) is 1.92. The molecule has 20 heavy (non-hydrogen) atoms. The summed E-state index contributed by atoms with van der Waals surface area (Å²) >= 11 is 0. The zero-order chi connectivity index (χ0) is 14.4. The second-order valence-corrected chi connectivity index (χ2v) is 7.40. The zero-order valence-corrected chi connectivity index (χ0v) is 13.1. The summed E-state index contributed by atoms with van der Waals surface area (Å²) in [4.78, 5) is 4.50. The van der Waals surface area contributed by atoms with Crippen LogP contribution in [-0.4, -0.2) is 18.1 Å². The van der Waals surface area contributed by atoms with Gasteiger partial charge in [0.05, 0.1) is 12.8 Å². The van der Waals surface area contributed by atoms with Crippen LogP contribution in [0.2, 0.25) is 0 Å². The molecule has 0 aliphatic heterocycles. The third kappa shape index (κ3) is 2.12. The average Bonchev–Trinajstić information content (AvgIpc) is 2.89. The van der Waals surface area contributed by atoms with E-state index in [-0.39, 0.29) is 0 Å². The number of fused-ring (bicyclic) bond motifs is 2. The number of methoxy groups -OCH3 is 1. The zero-order valence-electron chi connectivity index (χ0n) is 13.1. The molecular weight excluding hydrogens is 248 g/mol. The monoisotopic (exact) mass is 274 g/mol. The van der Waals surface area contributed by atoms with Crippen molar-refractivity contribution in [2.45, 2.75) is 52.6 Å². The summed E-state index contributed by atoms with van der Waals surface area (Å²) in [5.74, 6) is 1.57. The van der Waals surface area contributed by atoms with E-state index in [1.165, 1.54) is 19.3 Å². The quantitative estimate of drug-likeness (QED) is 0.914. The first-order valence-electron chi connectivity index (χ1n) is 7.69. The summed E-state index contributed by atoms with van der Waals surface area (Å²) in [6.45, 7) is 8.14. The van der Waals surface area contributed by atoms with Crippen LogP contribution in [0.25, 0.3) is 0 Å². The van der Waals surface area contributed by atoms with Crippen LogP contribution in [0.3, 0.4) is 0 Å². The summed E-state index contributed by atoms with van der Waals surface area (Å²) in [5, 5.41) is 3.79. The molecule has 2 fully saturated rings. The van der Waals surface area contributed by atoms with Crippen LogP contribution in [0.15, 0.2) is 18.2 Å². The smallest absolute Gasteiger partial charge is 0.213 e. The summed E-state index contributed by atoms with van der Waals surface area (Å²) in [7, 11) is 1.67. The normalized spacial score (nSPS) is 34.4. The molecule has 1 heterocycles. The Morgan fingerprint density at radius 3 is 2.80 bits per heavy atom.